The summed E-state index contributed by atoms with van der Waals surface area (Å²) in [6.07, 6.45) is 3.97. The molecule has 1 aromatic carbocycles. The number of rotatable bonds is 3. The van der Waals surface area contributed by atoms with Crippen LogP contribution < -0.4 is 10.0 Å². The lowest BCUT2D eigenvalue weighted by Crippen LogP contribution is -2.30. The Kier molecular flexibility index (Phi) is 5.61. The molecule has 2 aromatic rings. The van der Waals surface area contributed by atoms with Gasteiger partial charge in [0.2, 0.25) is 10.0 Å². The molecule has 3 rings (SSSR count). The van der Waals surface area contributed by atoms with Crippen molar-refractivity contribution in [1.29, 1.82) is 0 Å². The van der Waals surface area contributed by atoms with E-state index in [9.17, 15) is 31.2 Å². The van der Waals surface area contributed by atoms with Gasteiger partial charge in [-0.1, -0.05) is 23.9 Å². The number of benzene rings is 1. The molecule has 0 bridgehead atoms. The number of nitrogens with one attached hydrogen (secondary N) is 2. The Labute approximate surface area is 168 Å². The van der Waals surface area contributed by atoms with Gasteiger partial charge in [-0.05, 0) is 0 Å². The van der Waals surface area contributed by atoms with Crippen LogP contribution in [0.15, 0.2) is 29.3 Å². The lowest BCUT2D eigenvalue weighted by molar-refractivity contribution is -0.109. The number of aryl methyl sites for hydroxylation is 1. The normalized spacial score (nSPS) is 17.5. The number of fused-ring (bicyclic) bond motifs is 1. The van der Waals surface area contributed by atoms with E-state index < -0.39 is 38.8 Å². The second kappa shape index (κ2) is 7.69. The number of nitrogens with zero attached hydrogens (tertiary/aromatic N) is 1. The molecular weight excluding hydrogens is 431 g/mol. The fourth-order valence-corrected chi connectivity index (χ4v) is 5.12. The Morgan fingerprint density at radius 2 is 1.83 bits per heavy atom. The first-order valence-corrected chi connectivity index (χ1v) is 10.4. The molecule has 12 heteroatoms. The minimum atomic E-state index is -4.06. The monoisotopic (exact) mass is 445 g/mol. The maximum absolute atomic E-state index is 13.4. The molecule has 0 fully saturated rings. The van der Waals surface area contributed by atoms with Crippen LogP contribution in [0.5, 0.6) is 0 Å². The van der Waals surface area contributed by atoms with Crippen LogP contribution in [0.4, 0.5) is 18.9 Å². The molecule has 0 saturated heterocycles. The summed E-state index contributed by atoms with van der Waals surface area (Å²) in [6.45, 7) is 1.28. The predicted octanol–water partition coefficient (Wildman–Crippen LogP) is 2.61. The molecule has 1 aliphatic heterocycles. The van der Waals surface area contributed by atoms with Crippen molar-refractivity contribution in [3.8, 4) is 0 Å². The minimum absolute atomic E-state index is 0.0345. The molecule has 7 nitrogen and oxygen atoms in total. The van der Waals surface area contributed by atoms with Gasteiger partial charge in [0.1, 0.15) is 10.6 Å². The van der Waals surface area contributed by atoms with Crippen LogP contribution in [0.2, 0.25) is 0 Å². The van der Waals surface area contributed by atoms with Crippen molar-refractivity contribution in [3.63, 3.8) is 0 Å². The Morgan fingerprint density at radius 3 is 2.41 bits per heavy atom. The van der Waals surface area contributed by atoms with Crippen LogP contribution in [0.1, 0.15) is 23.0 Å². The van der Waals surface area contributed by atoms with Crippen LogP contribution in [0.3, 0.4) is 0 Å². The van der Waals surface area contributed by atoms with Gasteiger partial charge in [-0.25, -0.2) is 21.6 Å². The molecule has 1 amide bonds. The summed E-state index contributed by atoms with van der Waals surface area (Å²) < 4.78 is 68.6. The third-order valence-corrected chi connectivity index (χ3v) is 6.41. The van der Waals surface area contributed by atoms with E-state index in [-0.39, 0.29) is 27.0 Å². The van der Waals surface area contributed by atoms with Crippen molar-refractivity contribution in [2.45, 2.75) is 17.2 Å². The molecule has 1 atom stereocenters. The molecule has 0 unspecified atom stereocenters. The highest BCUT2D eigenvalue weighted by Crippen LogP contribution is 2.29. The summed E-state index contributed by atoms with van der Waals surface area (Å²) >= 11 is 0.748. The number of amides is 1. The number of aromatic nitrogens is 1. The van der Waals surface area contributed by atoms with Gasteiger partial charge < -0.3 is 9.88 Å². The van der Waals surface area contributed by atoms with Crippen LogP contribution in [-0.2, 0) is 21.9 Å². The van der Waals surface area contributed by atoms with E-state index in [1.807, 2.05) is 0 Å². The van der Waals surface area contributed by atoms with Gasteiger partial charge in [0.15, 0.2) is 22.6 Å². The van der Waals surface area contributed by atoms with Gasteiger partial charge in [-0.3, -0.25) is 9.59 Å². The molecule has 1 aliphatic rings. The molecular formula is C17H14F3N3O4S2. The molecule has 0 aliphatic carbocycles. The summed E-state index contributed by atoms with van der Waals surface area (Å²) in [5.41, 5.74) is -0.419. The average Bonchev–Trinajstić information content (AvgIpc) is 2.88. The first-order valence-electron chi connectivity index (χ1n) is 8.02. The van der Waals surface area contributed by atoms with Crippen LogP contribution in [-0.4, -0.2) is 29.4 Å². The van der Waals surface area contributed by atoms with Crippen molar-refractivity contribution in [2.24, 2.45) is 7.05 Å². The summed E-state index contributed by atoms with van der Waals surface area (Å²) in [6, 6.07) is 1.21. The van der Waals surface area contributed by atoms with E-state index in [0.717, 1.165) is 11.8 Å². The fraction of sp³-hybridized carbons (Fsp3) is 0.176. The number of sulfonamides is 1. The summed E-state index contributed by atoms with van der Waals surface area (Å²) in [7, 11) is -2.64. The number of halogens is 3. The molecule has 0 spiro atoms. The lowest BCUT2D eigenvalue weighted by atomic mass is 10.2. The molecule has 0 radical (unpaired) electrons. The van der Waals surface area contributed by atoms with Crippen molar-refractivity contribution >= 4 is 44.6 Å². The highest BCUT2D eigenvalue weighted by molar-refractivity contribution is 8.14. The maximum atomic E-state index is 13.4. The fourth-order valence-electron chi connectivity index (χ4n) is 2.77. The van der Waals surface area contributed by atoms with Crippen LogP contribution in [0, 0.1) is 17.5 Å². The quantitative estimate of drug-likeness (QED) is 0.708. The van der Waals surface area contributed by atoms with Crippen molar-refractivity contribution in [1.82, 2.24) is 9.29 Å². The number of carbonyl (C=O) groups is 2. The third kappa shape index (κ3) is 4.23. The van der Waals surface area contributed by atoms with Crippen molar-refractivity contribution in [2.75, 3.05) is 5.32 Å². The highest BCUT2D eigenvalue weighted by Gasteiger charge is 2.31. The Bertz CT molecular complexity index is 1140. The first-order chi connectivity index (χ1) is 13.5. The van der Waals surface area contributed by atoms with Gasteiger partial charge in [0.05, 0.1) is 5.37 Å². The minimum Gasteiger partial charge on any atom is -0.345 e. The summed E-state index contributed by atoms with van der Waals surface area (Å²) in [5, 5.41) is 1.04. The zero-order chi connectivity index (χ0) is 21.5. The van der Waals surface area contributed by atoms with E-state index in [1.54, 1.807) is 0 Å². The van der Waals surface area contributed by atoms with Crippen LogP contribution >= 0.6 is 11.8 Å². The predicted molar refractivity (Wildman–Crippen MR) is 101 cm³/mol. The Morgan fingerprint density at radius 1 is 1.21 bits per heavy atom. The molecule has 0 saturated carbocycles. The topological polar surface area (TPSA) is 97.3 Å². The SMILES string of the molecule is CC(=O)S[C@H]1C=Cc2c(cn(C)c2C(=O)Nc2cc(F)c(F)c(F)c2)S(=O)(=O)N1. The second-order valence-corrected chi connectivity index (χ2v) is 9.09. The van der Waals surface area contributed by atoms with E-state index in [1.165, 1.54) is 36.9 Å². The zero-order valence-electron chi connectivity index (χ0n) is 15.0. The zero-order valence-corrected chi connectivity index (χ0v) is 16.6. The Balaban J connectivity index is 2.01. The standard InChI is InChI=1S/C17H14F3N3O4S2/c1-8(24)28-14-4-3-10-13(29(26,27)22-14)7-23(2)16(10)17(25)21-9-5-11(18)15(20)12(19)6-9/h3-7,14,22H,1-2H3,(H,21,25)/t14-/m0/s1. The van der Waals surface area contributed by atoms with Crippen molar-refractivity contribution < 1.29 is 31.2 Å². The van der Waals surface area contributed by atoms with Gasteiger partial charge in [-0.2, -0.15) is 4.72 Å². The van der Waals surface area contributed by atoms with E-state index >= 15 is 0 Å². The molecule has 2 N–H and O–H groups in total. The number of carbonyl (C=O) groups excluding carboxylic acids is 2. The Hall–Kier alpha value is -2.57. The number of thioether (sulfide) groups is 1. The maximum Gasteiger partial charge on any atom is 0.272 e. The van der Waals surface area contributed by atoms with Gasteiger partial charge in [0, 0.05) is 43.6 Å². The van der Waals surface area contributed by atoms with Gasteiger partial charge >= 0.3 is 0 Å². The van der Waals surface area contributed by atoms with Gasteiger partial charge in [0.25, 0.3) is 5.91 Å². The average molecular weight is 445 g/mol. The number of hydrogen-bond donors (Lipinski definition) is 2. The molecule has 154 valence electrons. The van der Waals surface area contributed by atoms with E-state index in [0.29, 0.717) is 12.1 Å². The van der Waals surface area contributed by atoms with Gasteiger partial charge in [-0.15, -0.1) is 0 Å². The van der Waals surface area contributed by atoms with Crippen molar-refractivity contribution in [3.05, 3.63) is 53.1 Å². The molecule has 2 heterocycles. The second-order valence-electron chi connectivity index (χ2n) is 6.08. The van der Waals surface area contributed by atoms with Crippen LogP contribution in [0.25, 0.3) is 6.08 Å². The number of hydrogen-bond acceptors (Lipinski definition) is 5. The largest absolute Gasteiger partial charge is 0.345 e. The van der Waals surface area contributed by atoms with E-state index in [4.69, 9.17) is 0 Å². The van der Waals surface area contributed by atoms with E-state index in [2.05, 4.69) is 10.0 Å². The lowest BCUT2D eigenvalue weighted by Gasteiger charge is -2.10. The third-order valence-electron chi connectivity index (χ3n) is 3.93. The summed E-state index contributed by atoms with van der Waals surface area (Å²) in [4.78, 5) is 23.8. The molecule has 29 heavy (non-hydrogen) atoms. The highest BCUT2D eigenvalue weighted by atomic mass is 32.2. The molecule has 1 aromatic heterocycles. The smallest absolute Gasteiger partial charge is 0.272 e. The first kappa shape index (κ1) is 21.1. The number of anilines is 1. The summed E-state index contributed by atoms with van der Waals surface area (Å²) in [5.74, 6) is -5.51.